The van der Waals surface area contributed by atoms with Crippen LogP contribution in [-0.2, 0) is 0 Å². The smallest absolute Gasteiger partial charge is 0.0443 e. The van der Waals surface area contributed by atoms with Gasteiger partial charge in [0.25, 0.3) is 0 Å². The third-order valence-electron chi connectivity index (χ3n) is 2.50. The monoisotopic (exact) mass is 172 g/mol. The summed E-state index contributed by atoms with van der Waals surface area (Å²) >= 11 is 0. The topological polar surface area (TPSA) is 35.5 Å². The summed E-state index contributed by atoms with van der Waals surface area (Å²) in [5, 5.41) is 12.1. The van der Waals surface area contributed by atoms with E-state index < -0.39 is 0 Å². The van der Waals surface area contributed by atoms with E-state index in [0.717, 1.165) is 26.1 Å². The van der Waals surface area contributed by atoms with E-state index in [4.69, 9.17) is 5.11 Å². The lowest BCUT2D eigenvalue weighted by Crippen LogP contribution is -2.54. The Hall–Kier alpha value is -0.120. The minimum Gasteiger partial charge on any atom is -0.396 e. The van der Waals surface area contributed by atoms with Crippen molar-refractivity contribution >= 4 is 0 Å². The summed E-state index contributed by atoms with van der Waals surface area (Å²) in [7, 11) is 0. The van der Waals surface area contributed by atoms with Crippen LogP contribution >= 0.6 is 0 Å². The zero-order chi connectivity index (χ0) is 8.97. The normalized spacial score (nSPS) is 32.2. The minimum atomic E-state index is 0.311. The molecular formula is C9H20N2O. The molecule has 72 valence electrons. The quantitative estimate of drug-likeness (QED) is 0.631. The molecule has 0 amide bonds. The van der Waals surface area contributed by atoms with Crippen molar-refractivity contribution < 1.29 is 5.11 Å². The lowest BCUT2D eigenvalue weighted by Gasteiger charge is -2.37. The lowest BCUT2D eigenvalue weighted by atomic mass is 10.1. The molecule has 2 unspecified atom stereocenters. The molecule has 0 saturated carbocycles. The van der Waals surface area contributed by atoms with E-state index in [1.807, 2.05) is 0 Å². The average molecular weight is 172 g/mol. The van der Waals surface area contributed by atoms with E-state index >= 15 is 0 Å². The zero-order valence-electron chi connectivity index (χ0n) is 8.08. The SMILES string of the molecule is CC1CN(CCCO)C(C)CN1. The van der Waals surface area contributed by atoms with Crippen LogP contribution in [0, 0.1) is 0 Å². The molecule has 12 heavy (non-hydrogen) atoms. The second kappa shape index (κ2) is 4.80. The predicted octanol–water partition coefficient (Wildman–Crippen LogP) is 0.0510. The molecule has 1 fully saturated rings. The largest absolute Gasteiger partial charge is 0.396 e. The van der Waals surface area contributed by atoms with Gasteiger partial charge in [-0.15, -0.1) is 0 Å². The molecule has 0 aromatic heterocycles. The number of aliphatic hydroxyl groups excluding tert-OH is 1. The van der Waals surface area contributed by atoms with E-state index in [1.165, 1.54) is 0 Å². The Kier molecular flexibility index (Phi) is 3.98. The maximum Gasteiger partial charge on any atom is 0.0443 e. The first kappa shape index (κ1) is 9.96. The van der Waals surface area contributed by atoms with E-state index in [-0.39, 0.29) is 0 Å². The third kappa shape index (κ3) is 2.73. The van der Waals surface area contributed by atoms with Gasteiger partial charge >= 0.3 is 0 Å². The van der Waals surface area contributed by atoms with Crippen LogP contribution in [0.1, 0.15) is 20.3 Å². The van der Waals surface area contributed by atoms with E-state index in [9.17, 15) is 0 Å². The Morgan fingerprint density at radius 2 is 2.25 bits per heavy atom. The fourth-order valence-corrected chi connectivity index (χ4v) is 1.68. The Morgan fingerprint density at radius 3 is 2.92 bits per heavy atom. The van der Waals surface area contributed by atoms with Gasteiger partial charge in [0.1, 0.15) is 0 Å². The Morgan fingerprint density at radius 1 is 1.50 bits per heavy atom. The van der Waals surface area contributed by atoms with E-state index in [2.05, 4.69) is 24.1 Å². The minimum absolute atomic E-state index is 0.311. The summed E-state index contributed by atoms with van der Waals surface area (Å²) in [6.07, 6.45) is 0.900. The van der Waals surface area contributed by atoms with Crippen molar-refractivity contribution in [3.05, 3.63) is 0 Å². The molecule has 0 aliphatic carbocycles. The van der Waals surface area contributed by atoms with Gasteiger partial charge in [-0.05, 0) is 20.3 Å². The van der Waals surface area contributed by atoms with Gasteiger partial charge < -0.3 is 10.4 Å². The number of nitrogens with zero attached hydrogens (tertiary/aromatic N) is 1. The highest BCUT2D eigenvalue weighted by Crippen LogP contribution is 2.06. The van der Waals surface area contributed by atoms with E-state index in [1.54, 1.807) is 0 Å². The van der Waals surface area contributed by atoms with Crippen LogP contribution in [0.2, 0.25) is 0 Å². The Labute approximate surface area is 74.8 Å². The summed E-state index contributed by atoms with van der Waals surface area (Å²) < 4.78 is 0. The standard InChI is InChI=1S/C9H20N2O/c1-8-7-11(4-3-5-12)9(2)6-10-8/h8-10,12H,3-7H2,1-2H3. The van der Waals surface area contributed by atoms with Gasteiger partial charge in [-0.2, -0.15) is 0 Å². The molecule has 1 saturated heterocycles. The fourth-order valence-electron chi connectivity index (χ4n) is 1.68. The van der Waals surface area contributed by atoms with Crippen molar-refractivity contribution in [2.24, 2.45) is 0 Å². The molecule has 1 rings (SSSR count). The second-order valence-electron chi connectivity index (χ2n) is 3.73. The van der Waals surface area contributed by atoms with Crippen molar-refractivity contribution in [2.45, 2.75) is 32.4 Å². The third-order valence-corrected chi connectivity index (χ3v) is 2.50. The fraction of sp³-hybridized carbons (Fsp3) is 1.00. The summed E-state index contributed by atoms with van der Waals surface area (Å²) in [6, 6.07) is 1.22. The number of nitrogens with one attached hydrogen (secondary N) is 1. The van der Waals surface area contributed by atoms with Gasteiger partial charge in [0.05, 0.1) is 0 Å². The molecule has 0 aromatic carbocycles. The number of rotatable bonds is 3. The molecular weight excluding hydrogens is 152 g/mol. The van der Waals surface area contributed by atoms with Gasteiger partial charge in [0, 0.05) is 38.3 Å². The second-order valence-corrected chi connectivity index (χ2v) is 3.73. The zero-order valence-corrected chi connectivity index (χ0v) is 8.08. The Balaban J connectivity index is 2.28. The number of piperazine rings is 1. The van der Waals surface area contributed by atoms with Crippen LogP contribution in [0.5, 0.6) is 0 Å². The molecule has 0 aromatic rings. The van der Waals surface area contributed by atoms with E-state index in [0.29, 0.717) is 18.7 Å². The highest BCUT2D eigenvalue weighted by atomic mass is 16.3. The molecule has 3 heteroatoms. The highest BCUT2D eigenvalue weighted by Gasteiger charge is 2.20. The van der Waals surface area contributed by atoms with Crippen LogP contribution in [0.3, 0.4) is 0 Å². The first-order chi connectivity index (χ1) is 5.74. The van der Waals surface area contributed by atoms with Gasteiger partial charge in [-0.3, -0.25) is 4.90 Å². The van der Waals surface area contributed by atoms with Crippen molar-refractivity contribution in [1.82, 2.24) is 10.2 Å². The molecule has 1 aliphatic rings. The molecule has 0 spiro atoms. The molecule has 0 radical (unpaired) electrons. The molecule has 2 N–H and O–H groups in total. The summed E-state index contributed by atoms with van der Waals surface area (Å²) in [5.41, 5.74) is 0. The van der Waals surface area contributed by atoms with Crippen molar-refractivity contribution in [2.75, 3.05) is 26.2 Å². The summed E-state index contributed by atoms with van der Waals surface area (Å²) in [6.45, 7) is 7.97. The van der Waals surface area contributed by atoms with Crippen molar-refractivity contribution in [3.63, 3.8) is 0 Å². The first-order valence-electron chi connectivity index (χ1n) is 4.82. The van der Waals surface area contributed by atoms with Crippen LogP contribution in [0.25, 0.3) is 0 Å². The first-order valence-corrected chi connectivity index (χ1v) is 4.82. The Bertz CT molecular complexity index is 130. The van der Waals surface area contributed by atoms with Crippen LogP contribution < -0.4 is 5.32 Å². The highest BCUT2D eigenvalue weighted by molar-refractivity contribution is 4.80. The van der Waals surface area contributed by atoms with Gasteiger partial charge in [-0.25, -0.2) is 0 Å². The molecule has 2 atom stereocenters. The average Bonchev–Trinajstić information content (AvgIpc) is 2.07. The van der Waals surface area contributed by atoms with Gasteiger partial charge in [0.15, 0.2) is 0 Å². The predicted molar refractivity (Wildman–Crippen MR) is 50.2 cm³/mol. The van der Waals surface area contributed by atoms with Gasteiger partial charge in [0.2, 0.25) is 0 Å². The van der Waals surface area contributed by atoms with Crippen molar-refractivity contribution in [3.8, 4) is 0 Å². The van der Waals surface area contributed by atoms with Crippen LogP contribution in [0.15, 0.2) is 0 Å². The van der Waals surface area contributed by atoms with Gasteiger partial charge in [-0.1, -0.05) is 0 Å². The molecule has 1 heterocycles. The number of hydrogen-bond acceptors (Lipinski definition) is 3. The maximum absolute atomic E-state index is 8.71. The maximum atomic E-state index is 8.71. The summed E-state index contributed by atoms with van der Waals surface area (Å²) in [4.78, 5) is 2.44. The summed E-state index contributed by atoms with van der Waals surface area (Å²) in [5.74, 6) is 0. The number of aliphatic hydroxyl groups is 1. The van der Waals surface area contributed by atoms with Crippen LogP contribution in [-0.4, -0.2) is 48.3 Å². The number of hydrogen-bond donors (Lipinski definition) is 2. The van der Waals surface area contributed by atoms with Crippen molar-refractivity contribution in [1.29, 1.82) is 0 Å². The lowest BCUT2D eigenvalue weighted by molar-refractivity contribution is 0.134. The molecule has 0 bridgehead atoms. The van der Waals surface area contributed by atoms with Crippen LogP contribution in [0.4, 0.5) is 0 Å². The molecule has 3 nitrogen and oxygen atoms in total. The molecule has 1 aliphatic heterocycles.